The average Bonchev–Trinajstić information content (AvgIpc) is 2.71. The molecule has 3 nitrogen and oxygen atoms in total. The van der Waals surface area contributed by atoms with Crippen LogP contribution in [0.2, 0.25) is 0 Å². The standard InChI is InChI=1S/C19H19NO2/c1-13-9-10-16-17(11-13)20(12-15-7-5-4-6-8-15)18(22)19(16,3)14(2)21/h4-11H,12H2,1-3H3. The van der Waals surface area contributed by atoms with Crippen LogP contribution in [0.5, 0.6) is 0 Å². The predicted octanol–water partition coefficient (Wildman–Crippen LogP) is 3.39. The van der Waals surface area contributed by atoms with Gasteiger partial charge in [0.25, 0.3) is 0 Å². The third-order valence-corrected chi connectivity index (χ3v) is 4.54. The van der Waals surface area contributed by atoms with Crippen LogP contribution < -0.4 is 4.90 Å². The van der Waals surface area contributed by atoms with Gasteiger partial charge in [0, 0.05) is 5.69 Å². The lowest BCUT2D eigenvalue weighted by Gasteiger charge is -2.22. The summed E-state index contributed by atoms with van der Waals surface area (Å²) < 4.78 is 0. The number of fused-ring (bicyclic) bond motifs is 1. The lowest BCUT2D eigenvalue weighted by Crippen LogP contribution is -2.42. The van der Waals surface area contributed by atoms with Crippen LogP contribution in [0.15, 0.2) is 48.5 Å². The molecule has 0 bridgehead atoms. The first kappa shape index (κ1) is 14.5. The minimum atomic E-state index is -1.07. The van der Waals surface area contributed by atoms with Crippen molar-refractivity contribution in [2.75, 3.05) is 4.90 Å². The van der Waals surface area contributed by atoms with Gasteiger partial charge in [-0.25, -0.2) is 0 Å². The van der Waals surface area contributed by atoms with Crippen molar-refractivity contribution in [3.8, 4) is 0 Å². The summed E-state index contributed by atoms with van der Waals surface area (Å²) in [5, 5.41) is 0. The molecule has 0 spiro atoms. The van der Waals surface area contributed by atoms with Crippen molar-refractivity contribution >= 4 is 17.4 Å². The molecule has 1 aliphatic heterocycles. The monoisotopic (exact) mass is 293 g/mol. The van der Waals surface area contributed by atoms with Crippen LogP contribution in [0, 0.1) is 6.92 Å². The summed E-state index contributed by atoms with van der Waals surface area (Å²) in [6.07, 6.45) is 0. The number of rotatable bonds is 3. The van der Waals surface area contributed by atoms with E-state index in [1.807, 2.05) is 55.5 Å². The highest BCUT2D eigenvalue weighted by Gasteiger charge is 2.50. The molecule has 0 radical (unpaired) electrons. The number of ketones is 1. The van der Waals surface area contributed by atoms with Gasteiger partial charge in [0.15, 0.2) is 0 Å². The van der Waals surface area contributed by atoms with Crippen molar-refractivity contribution in [3.63, 3.8) is 0 Å². The largest absolute Gasteiger partial charge is 0.307 e. The fourth-order valence-electron chi connectivity index (χ4n) is 3.05. The van der Waals surface area contributed by atoms with E-state index in [9.17, 15) is 9.59 Å². The lowest BCUT2D eigenvalue weighted by atomic mass is 9.80. The molecule has 1 unspecified atom stereocenters. The molecule has 1 aliphatic rings. The van der Waals surface area contributed by atoms with Crippen molar-refractivity contribution in [1.29, 1.82) is 0 Å². The third kappa shape index (κ3) is 2.05. The summed E-state index contributed by atoms with van der Waals surface area (Å²) in [6, 6.07) is 15.7. The highest BCUT2D eigenvalue weighted by atomic mass is 16.2. The van der Waals surface area contributed by atoms with E-state index in [0.717, 1.165) is 22.4 Å². The molecule has 22 heavy (non-hydrogen) atoms. The fourth-order valence-corrected chi connectivity index (χ4v) is 3.05. The van der Waals surface area contributed by atoms with E-state index in [2.05, 4.69) is 0 Å². The highest BCUT2D eigenvalue weighted by Crippen LogP contribution is 2.43. The molecule has 0 fully saturated rings. The van der Waals surface area contributed by atoms with Crippen LogP contribution in [0.4, 0.5) is 5.69 Å². The van der Waals surface area contributed by atoms with E-state index in [1.165, 1.54) is 6.92 Å². The number of anilines is 1. The molecular weight excluding hydrogens is 274 g/mol. The molecule has 3 heteroatoms. The molecule has 2 aromatic carbocycles. The number of aryl methyl sites for hydroxylation is 1. The van der Waals surface area contributed by atoms with E-state index >= 15 is 0 Å². The van der Waals surface area contributed by atoms with E-state index in [4.69, 9.17) is 0 Å². The highest BCUT2D eigenvalue weighted by molar-refractivity contribution is 6.21. The number of hydrogen-bond donors (Lipinski definition) is 0. The van der Waals surface area contributed by atoms with E-state index < -0.39 is 5.41 Å². The van der Waals surface area contributed by atoms with Crippen LogP contribution in [-0.2, 0) is 21.5 Å². The van der Waals surface area contributed by atoms with Gasteiger partial charge in [-0.1, -0.05) is 42.5 Å². The van der Waals surface area contributed by atoms with Crippen molar-refractivity contribution in [3.05, 3.63) is 65.2 Å². The molecule has 1 heterocycles. The van der Waals surface area contributed by atoms with E-state index in [0.29, 0.717) is 6.54 Å². The molecule has 0 N–H and O–H groups in total. The van der Waals surface area contributed by atoms with Gasteiger partial charge in [0.05, 0.1) is 6.54 Å². The molecule has 0 saturated heterocycles. The van der Waals surface area contributed by atoms with Crippen molar-refractivity contribution in [1.82, 2.24) is 0 Å². The Morgan fingerprint density at radius 3 is 2.45 bits per heavy atom. The zero-order valence-electron chi connectivity index (χ0n) is 13.1. The fraction of sp³-hybridized carbons (Fsp3) is 0.263. The Labute approximate surface area is 130 Å². The maximum Gasteiger partial charge on any atom is 0.245 e. The number of Topliss-reactive ketones (excluding diaryl/α,β-unsaturated/α-hetero) is 1. The molecule has 0 aromatic heterocycles. The maximum atomic E-state index is 12.9. The van der Waals surface area contributed by atoms with Gasteiger partial charge < -0.3 is 4.90 Å². The number of nitrogens with zero attached hydrogens (tertiary/aromatic N) is 1. The number of hydrogen-bond acceptors (Lipinski definition) is 2. The summed E-state index contributed by atoms with van der Waals surface area (Å²) in [4.78, 5) is 26.9. The van der Waals surface area contributed by atoms with Crippen LogP contribution >= 0.6 is 0 Å². The first-order valence-corrected chi connectivity index (χ1v) is 7.42. The van der Waals surface area contributed by atoms with Crippen LogP contribution in [-0.4, -0.2) is 11.7 Å². The van der Waals surface area contributed by atoms with E-state index in [1.54, 1.807) is 11.8 Å². The smallest absolute Gasteiger partial charge is 0.245 e. The SMILES string of the molecule is CC(=O)C1(C)C(=O)N(Cc2ccccc2)c2cc(C)ccc21. The topological polar surface area (TPSA) is 37.4 Å². The van der Waals surface area contributed by atoms with Crippen molar-refractivity contribution in [2.24, 2.45) is 0 Å². The Morgan fingerprint density at radius 2 is 1.82 bits per heavy atom. The zero-order chi connectivity index (χ0) is 15.9. The Hall–Kier alpha value is -2.42. The van der Waals surface area contributed by atoms with Crippen molar-refractivity contribution in [2.45, 2.75) is 32.7 Å². The predicted molar refractivity (Wildman–Crippen MR) is 86.8 cm³/mol. The summed E-state index contributed by atoms with van der Waals surface area (Å²) >= 11 is 0. The summed E-state index contributed by atoms with van der Waals surface area (Å²) in [6.45, 7) is 5.71. The van der Waals surface area contributed by atoms with Gasteiger partial charge in [-0.3, -0.25) is 9.59 Å². The molecule has 0 saturated carbocycles. The summed E-state index contributed by atoms with van der Waals surface area (Å²) in [7, 11) is 0. The molecule has 2 aromatic rings. The normalized spacial score (nSPS) is 20.1. The van der Waals surface area contributed by atoms with Gasteiger partial charge >= 0.3 is 0 Å². The van der Waals surface area contributed by atoms with Gasteiger partial charge in [-0.15, -0.1) is 0 Å². The Balaban J connectivity index is 2.11. The number of carbonyl (C=O) groups is 2. The second-order valence-electron chi connectivity index (χ2n) is 6.08. The molecule has 3 rings (SSSR count). The lowest BCUT2D eigenvalue weighted by molar-refractivity contribution is -0.132. The van der Waals surface area contributed by atoms with Crippen molar-refractivity contribution < 1.29 is 9.59 Å². The zero-order valence-corrected chi connectivity index (χ0v) is 13.1. The quantitative estimate of drug-likeness (QED) is 0.813. The molecular formula is C19H19NO2. The number of benzene rings is 2. The second-order valence-corrected chi connectivity index (χ2v) is 6.08. The van der Waals surface area contributed by atoms with Crippen LogP contribution in [0.3, 0.4) is 0 Å². The summed E-state index contributed by atoms with van der Waals surface area (Å²) in [5.41, 5.74) is 2.73. The Kier molecular flexibility index (Phi) is 3.36. The van der Waals surface area contributed by atoms with Crippen LogP contribution in [0.25, 0.3) is 0 Å². The van der Waals surface area contributed by atoms with Gasteiger partial charge in [-0.2, -0.15) is 0 Å². The second kappa shape index (κ2) is 5.09. The first-order chi connectivity index (χ1) is 10.4. The van der Waals surface area contributed by atoms with Crippen LogP contribution in [0.1, 0.15) is 30.5 Å². The summed E-state index contributed by atoms with van der Waals surface area (Å²) in [5.74, 6) is -0.248. The minimum absolute atomic E-state index is 0.113. The molecule has 112 valence electrons. The molecule has 1 atom stereocenters. The van der Waals surface area contributed by atoms with Gasteiger partial charge in [0.1, 0.15) is 11.2 Å². The molecule has 0 aliphatic carbocycles. The van der Waals surface area contributed by atoms with E-state index in [-0.39, 0.29) is 11.7 Å². The molecule has 1 amide bonds. The maximum absolute atomic E-state index is 12.9. The Bertz CT molecular complexity index is 751. The number of carbonyl (C=O) groups excluding carboxylic acids is 2. The first-order valence-electron chi connectivity index (χ1n) is 7.42. The average molecular weight is 293 g/mol. The third-order valence-electron chi connectivity index (χ3n) is 4.54. The minimum Gasteiger partial charge on any atom is -0.307 e. The van der Waals surface area contributed by atoms with Gasteiger partial charge in [0.2, 0.25) is 5.91 Å². The van der Waals surface area contributed by atoms with Gasteiger partial charge in [-0.05, 0) is 43.5 Å². The number of amides is 1. The Morgan fingerprint density at radius 1 is 1.14 bits per heavy atom.